The molecule has 1 aromatic carbocycles. The second-order valence-electron chi connectivity index (χ2n) is 4.34. The molecule has 8 heteroatoms. The minimum atomic E-state index is -3.63. The lowest BCUT2D eigenvalue weighted by molar-refractivity contribution is 0.284. The van der Waals surface area contributed by atoms with Crippen molar-refractivity contribution in [3.05, 3.63) is 26.7 Å². The smallest absolute Gasteiger partial charge is 0.244 e. The van der Waals surface area contributed by atoms with Crippen LogP contribution in [0.25, 0.3) is 0 Å². The Labute approximate surface area is 131 Å². The summed E-state index contributed by atoms with van der Waals surface area (Å²) in [5.74, 6) is 0. The van der Waals surface area contributed by atoms with Crippen LogP contribution in [0, 0.1) is 0 Å². The predicted octanol–water partition coefficient (Wildman–Crippen LogP) is 2.74. The maximum Gasteiger partial charge on any atom is 0.244 e. The summed E-state index contributed by atoms with van der Waals surface area (Å²) in [5.41, 5.74) is 0. The topological polar surface area (TPSA) is 49.4 Å². The highest BCUT2D eigenvalue weighted by Crippen LogP contribution is 2.36. The molecule has 0 saturated carbocycles. The van der Waals surface area contributed by atoms with Gasteiger partial charge in [-0.15, -0.1) is 0 Å². The van der Waals surface area contributed by atoms with E-state index in [0.717, 1.165) is 0 Å². The van der Waals surface area contributed by atoms with Crippen LogP contribution in [0.1, 0.15) is 6.92 Å². The monoisotopic (exact) mass is 386 g/mol. The third kappa shape index (κ3) is 2.94. The number of piperazine rings is 1. The van der Waals surface area contributed by atoms with Crippen molar-refractivity contribution in [1.29, 1.82) is 0 Å². The molecule has 0 bridgehead atoms. The van der Waals surface area contributed by atoms with Gasteiger partial charge in [-0.3, -0.25) is 0 Å². The van der Waals surface area contributed by atoms with Gasteiger partial charge in [0.2, 0.25) is 10.0 Å². The van der Waals surface area contributed by atoms with Crippen molar-refractivity contribution in [1.82, 2.24) is 9.62 Å². The summed E-state index contributed by atoms with van der Waals surface area (Å²) in [4.78, 5) is 0.0520. The van der Waals surface area contributed by atoms with E-state index in [2.05, 4.69) is 21.2 Å². The number of halogens is 3. The number of sulfonamides is 1. The minimum Gasteiger partial charge on any atom is -0.314 e. The van der Waals surface area contributed by atoms with Crippen molar-refractivity contribution in [3.8, 4) is 0 Å². The van der Waals surface area contributed by atoms with Gasteiger partial charge in [-0.1, -0.05) is 23.2 Å². The van der Waals surface area contributed by atoms with Crippen molar-refractivity contribution < 1.29 is 8.42 Å². The SMILES string of the molecule is CC1CNCCN1S(=O)(=O)c1ccc(Br)c(Cl)c1Cl. The fraction of sp³-hybridized carbons (Fsp3) is 0.455. The molecule has 0 radical (unpaired) electrons. The normalized spacial score (nSPS) is 21.6. The summed E-state index contributed by atoms with van der Waals surface area (Å²) in [6.45, 7) is 3.54. The molecule has 19 heavy (non-hydrogen) atoms. The Morgan fingerprint density at radius 1 is 1.37 bits per heavy atom. The van der Waals surface area contributed by atoms with Gasteiger partial charge in [0, 0.05) is 30.1 Å². The molecule has 0 aromatic heterocycles. The molecule has 1 N–H and O–H groups in total. The van der Waals surface area contributed by atoms with E-state index in [1.54, 1.807) is 6.07 Å². The second kappa shape index (κ2) is 5.87. The molecule has 106 valence electrons. The number of hydrogen-bond donors (Lipinski definition) is 1. The van der Waals surface area contributed by atoms with Gasteiger partial charge in [0.1, 0.15) is 4.90 Å². The van der Waals surface area contributed by atoms with Crippen molar-refractivity contribution in [2.24, 2.45) is 0 Å². The molecule has 1 aromatic rings. The standard InChI is InChI=1S/C11H13BrCl2N2O2S/c1-7-6-15-4-5-16(7)19(17,18)9-3-2-8(12)10(13)11(9)14/h2-3,7,15H,4-6H2,1H3. The van der Waals surface area contributed by atoms with Gasteiger partial charge < -0.3 is 5.32 Å². The number of hydrogen-bond acceptors (Lipinski definition) is 3. The highest BCUT2D eigenvalue weighted by Gasteiger charge is 2.33. The van der Waals surface area contributed by atoms with Crippen LogP contribution in [0.15, 0.2) is 21.5 Å². The fourth-order valence-electron chi connectivity index (χ4n) is 2.01. The molecular formula is C11H13BrCl2N2O2S. The van der Waals surface area contributed by atoms with E-state index in [1.807, 2.05) is 6.92 Å². The third-order valence-corrected chi connectivity index (χ3v) is 6.97. The molecular weight excluding hydrogens is 375 g/mol. The Morgan fingerprint density at radius 3 is 2.68 bits per heavy atom. The van der Waals surface area contributed by atoms with Gasteiger partial charge in [-0.2, -0.15) is 4.31 Å². The van der Waals surface area contributed by atoms with E-state index in [4.69, 9.17) is 23.2 Å². The van der Waals surface area contributed by atoms with E-state index in [9.17, 15) is 8.42 Å². The molecule has 0 aliphatic carbocycles. The number of nitrogens with zero attached hydrogens (tertiary/aromatic N) is 1. The maximum absolute atomic E-state index is 12.6. The van der Waals surface area contributed by atoms with Gasteiger partial charge in [0.25, 0.3) is 0 Å². The molecule has 1 fully saturated rings. The Balaban J connectivity index is 2.48. The van der Waals surface area contributed by atoms with Crippen LogP contribution in [-0.4, -0.2) is 38.4 Å². The summed E-state index contributed by atoms with van der Waals surface area (Å²) < 4.78 is 27.3. The van der Waals surface area contributed by atoms with Crippen LogP contribution in [-0.2, 0) is 10.0 Å². The zero-order valence-corrected chi connectivity index (χ0v) is 14.1. The van der Waals surface area contributed by atoms with Crippen LogP contribution in [0.4, 0.5) is 0 Å². The van der Waals surface area contributed by atoms with Crippen LogP contribution in [0.2, 0.25) is 10.0 Å². The molecule has 0 amide bonds. The first-order valence-electron chi connectivity index (χ1n) is 5.71. The van der Waals surface area contributed by atoms with E-state index in [1.165, 1.54) is 10.4 Å². The first-order valence-corrected chi connectivity index (χ1v) is 8.70. The summed E-state index contributed by atoms with van der Waals surface area (Å²) in [7, 11) is -3.63. The summed E-state index contributed by atoms with van der Waals surface area (Å²) in [6, 6.07) is 2.95. The van der Waals surface area contributed by atoms with Gasteiger partial charge in [-0.25, -0.2) is 8.42 Å². The summed E-state index contributed by atoms with van der Waals surface area (Å²) in [5, 5.41) is 3.42. The lowest BCUT2D eigenvalue weighted by Gasteiger charge is -2.33. The van der Waals surface area contributed by atoms with Gasteiger partial charge in [-0.05, 0) is 35.0 Å². The van der Waals surface area contributed by atoms with Crippen LogP contribution >= 0.6 is 39.1 Å². The van der Waals surface area contributed by atoms with Gasteiger partial charge >= 0.3 is 0 Å². The molecule has 4 nitrogen and oxygen atoms in total. The van der Waals surface area contributed by atoms with Crippen LogP contribution < -0.4 is 5.32 Å². The van der Waals surface area contributed by atoms with E-state index in [-0.39, 0.29) is 21.0 Å². The number of nitrogens with one attached hydrogen (secondary N) is 1. The zero-order valence-electron chi connectivity index (χ0n) is 10.2. The Hall–Kier alpha value is 0.150. The van der Waals surface area contributed by atoms with Gasteiger partial charge in [0.05, 0.1) is 10.0 Å². The first kappa shape index (κ1) is 15.5. The highest BCUT2D eigenvalue weighted by molar-refractivity contribution is 9.10. The second-order valence-corrected chi connectivity index (χ2v) is 7.81. The highest BCUT2D eigenvalue weighted by atomic mass is 79.9. The Bertz CT molecular complexity index is 595. The maximum atomic E-state index is 12.6. The zero-order chi connectivity index (χ0) is 14.2. The molecule has 1 saturated heterocycles. The molecule has 2 rings (SSSR count). The molecule has 0 spiro atoms. The van der Waals surface area contributed by atoms with E-state index < -0.39 is 10.0 Å². The number of benzene rings is 1. The van der Waals surface area contributed by atoms with Crippen LogP contribution in [0.5, 0.6) is 0 Å². The average Bonchev–Trinajstić information content (AvgIpc) is 2.36. The molecule has 1 heterocycles. The fourth-order valence-corrected chi connectivity index (χ4v) is 4.84. The first-order chi connectivity index (χ1) is 8.85. The van der Waals surface area contributed by atoms with Crippen LogP contribution in [0.3, 0.4) is 0 Å². The van der Waals surface area contributed by atoms with Gasteiger partial charge in [0.15, 0.2) is 0 Å². The van der Waals surface area contributed by atoms with Crippen molar-refractivity contribution >= 4 is 49.2 Å². The molecule has 1 atom stereocenters. The minimum absolute atomic E-state index is 0.0520. The average molecular weight is 388 g/mol. The largest absolute Gasteiger partial charge is 0.314 e. The molecule has 1 aliphatic heterocycles. The van der Waals surface area contributed by atoms with E-state index >= 15 is 0 Å². The Morgan fingerprint density at radius 2 is 2.05 bits per heavy atom. The van der Waals surface area contributed by atoms with E-state index in [0.29, 0.717) is 24.1 Å². The molecule has 1 unspecified atom stereocenters. The Kier molecular flexibility index (Phi) is 4.80. The number of rotatable bonds is 2. The van der Waals surface area contributed by atoms with Crippen molar-refractivity contribution in [3.63, 3.8) is 0 Å². The summed E-state index contributed by atoms with van der Waals surface area (Å²) in [6.07, 6.45) is 0. The lowest BCUT2D eigenvalue weighted by atomic mass is 10.3. The van der Waals surface area contributed by atoms with Crippen molar-refractivity contribution in [2.75, 3.05) is 19.6 Å². The predicted molar refractivity (Wildman–Crippen MR) is 80.4 cm³/mol. The molecule has 1 aliphatic rings. The third-order valence-electron chi connectivity index (χ3n) is 3.03. The summed E-state index contributed by atoms with van der Waals surface area (Å²) >= 11 is 15.3. The quantitative estimate of drug-likeness (QED) is 0.793. The van der Waals surface area contributed by atoms with Crippen molar-refractivity contribution in [2.45, 2.75) is 17.9 Å². The lowest BCUT2D eigenvalue weighted by Crippen LogP contribution is -2.52.